The molecule has 4 heteroatoms. The molecule has 3 rings (SSSR count). The Kier molecular flexibility index (Phi) is 5.71. The highest BCUT2D eigenvalue weighted by Crippen LogP contribution is 2.20. The molecule has 0 radical (unpaired) electrons. The minimum Gasteiger partial charge on any atom is -0.352 e. The van der Waals surface area contributed by atoms with Gasteiger partial charge in [0.1, 0.15) is 0 Å². The third-order valence-corrected chi connectivity index (χ3v) is 4.97. The summed E-state index contributed by atoms with van der Waals surface area (Å²) in [6, 6.07) is 15.8. The molecule has 0 aliphatic carbocycles. The van der Waals surface area contributed by atoms with Crippen molar-refractivity contribution in [2.24, 2.45) is 5.92 Å². The number of aryl methyl sites for hydroxylation is 2. The smallest absolute Gasteiger partial charge is 0.253 e. The van der Waals surface area contributed by atoms with E-state index in [4.69, 9.17) is 0 Å². The number of amides is 2. The summed E-state index contributed by atoms with van der Waals surface area (Å²) in [6.07, 6.45) is 1.44. The normalized spacial score (nSPS) is 14.9. The number of nitrogens with one attached hydrogen (secondary N) is 1. The first kappa shape index (κ1) is 18.2. The quantitative estimate of drug-likeness (QED) is 0.918. The van der Waals surface area contributed by atoms with E-state index < -0.39 is 0 Å². The molecule has 1 fully saturated rings. The van der Waals surface area contributed by atoms with Crippen molar-refractivity contribution in [3.05, 3.63) is 70.8 Å². The van der Waals surface area contributed by atoms with Crippen LogP contribution in [-0.2, 0) is 11.3 Å². The van der Waals surface area contributed by atoms with E-state index in [9.17, 15) is 9.59 Å². The minimum atomic E-state index is -0.0126. The Hall–Kier alpha value is -2.62. The van der Waals surface area contributed by atoms with Gasteiger partial charge in [-0.25, -0.2) is 0 Å². The van der Waals surface area contributed by atoms with Crippen molar-refractivity contribution in [3.63, 3.8) is 0 Å². The molecule has 2 aromatic carbocycles. The Labute approximate surface area is 155 Å². The summed E-state index contributed by atoms with van der Waals surface area (Å²) in [5, 5.41) is 3.04. The lowest BCUT2D eigenvalue weighted by Crippen LogP contribution is -2.42. The fraction of sp³-hybridized carbons (Fsp3) is 0.364. The maximum absolute atomic E-state index is 12.6. The zero-order valence-corrected chi connectivity index (χ0v) is 15.5. The molecule has 4 nitrogen and oxygen atoms in total. The minimum absolute atomic E-state index is 0.0126. The monoisotopic (exact) mass is 350 g/mol. The molecule has 0 bridgehead atoms. The lowest BCUT2D eigenvalue weighted by Gasteiger charge is -2.31. The molecule has 136 valence electrons. The summed E-state index contributed by atoms with van der Waals surface area (Å²) in [5.41, 5.74) is 4.12. The van der Waals surface area contributed by atoms with Crippen molar-refractivity contribution < 1.29 is 9.59 Å². The number of hydrogen-bond acceptors (Lipinski definition) is 2. The van der Waals surface area contributed by atoms with Gasteiger partial charge in [0.2, 0.25) is 5.91 Å². The second-order valence-corrected chi connectivity index (χ2v) is 7.14. The molecule has 26 heavy (non-hydrogen) atoms. The van der Waals surface area contributed by atoms with Gasteiger partial charge in [0.05, 0.1) is 0 Å². The molecule has 0 atom stereocenters. The predicted octanol–water partition coefficient (Wildman–Crippen LogP) is 3.47. The first-order chi connectivity index (χ1) is 12.5. The van der Waals surface area contributed by atoms with Crippen molar-refractivity contribution in [2.45, 2.75) is 33.2 Å². The number of benzene rings is 2. The number of hydrogen-bond donors (Lipinski definition) is 1. The molecule has 1 heterocycles. The Morgan fingerprint density at radius 3 is 2.31 bits per heavy atom. The van der Waals surface area contributed by atoms with Crippen LogP contribution in [0.2, 0.25) is 0 Å². The van der Waals surface area contributed by atoms with Crippen LogP contribution in [-0.4, -0.2) is 29.8 Å². The van der Waals surface area contributed by atoms with Crippen LogP contribution in [0.15, 0.2) is 48.5 Å². The van der Waals surface area contributed by atoms with Gasteiger partial charge in [0.15, 0.2) is 0 Å². The van der Waals surface area contributed by atoms with E-state index in [0.717, 1.165) is 29.5 Å². The van der Waals surface area contributed by atoms with E-state index in [1.807, 2.05) is 61.2 Å². The van der Waals surface area contributed by atoms with E-state index >= 15 is 0 Å². The summed E-state index contributed by atoms with van der Waals surface area (Å²) in [5.74, 6) is 0.142. The number of nitrogens with zero attached hydrogens (tertiary/aromatic N) is 1. The Morgan fingerprint density at radius 2 is 1.65 bits per heavy atom. The van der Waals surface area contributed by atoms with Crippen LogP contribution in [0.25, 0.3) is 0 Å². The summed E-state index contributed by atoms with van der Waals surface area (Å²) in [4.78, 5) is 26.9. The van der Waals surface area contributed by atoms with Crippen LogP contribution in [0.4, 0.5) is 0 Å². The highest BCUT2D eigenvalue weighted by molar-refractivity contribution is 5.94. The van der Waals surface area contributed by atoms with Crippen molar-refractivity contribution in [1.29, 1.82) is 0 Å². The van der Waals surface area contributed by atoms with Crippen LogP contribution in [0.1, 0.15) is 39.9 Å². The molecule has 2 aromatic rings. The average Bonchev–Trinajstić information content (AvgIpc) is 2.66. The average molecular weight is 350 g/mol. The summed E-state index contributed by atoms with van der Waals surface area (Å²) >= 11 is 0. The number of piperidine rings is 1. The van der Waals surface area contributed by atoms with E-state index in [0.29, 0.717) is 19.6 Å². The van der Waals surface area contributed by atoms with Crippen molar-refractivity contribution in [1.82, 2.24) is 10.2 Å². The van der Waals surface area contributed by atoms with Gasteiger partial charge in [-0.15, -0.1) is 0 Å². The van der Waals surface area contributed by atoms with Gasteiger partial charge in [-0.3, -0.25) is 9.59 Å². The highest BCUT2D eigenvalue weighted by atomic mass is 16.2. The van der Waals surface area contributed by atoms with Gasteiger partial charge in [0.25, 0.3) is 5.91 Å². The fourth-order valence-corrected chi connectivity index (χ4v) is 3.46. The molecular formula is C22H26N2O2. The molecule has 0 unspecified atom stereocenters. The summed E-state index contributed by atoms with van der Waals surface area (Å²) in [6.45, 7) is 5.86. The SMILES string of the molecule is Cc1cccc(CNC(=O)C2CCN(C(=O)c3cccc(C)c3)CC2)c1. The first-order valence-electron chi connectivity index (χ1n) is 9.22. The maximum Gasteiger partial charge on any atom is 0.253 e. The standard InChI is InChI=1S/C22H26N2O2/c1-16-5-3-7-18(13-16)15-23-21(25)19-9-11-24(12-10-19)22(26)20-8-4-6-17(2)14-20/h3-8,13-14,19H,9-12,15H2,1-2H3,(H,23,25). The number of carbonyl (C=O) groups excluding carboxylic acids is 2. The van der Waals surface area contributed by atoms with E-state index in [-0.39, 0.29) is 17.7 Å². The topological polar surface area (TPSA) is 49.4 Å². The van der Waals surface area contributed by atoms with E-state index in [2.05, 4.69) is 11.4 Å². The number of likely N-dealkylation sites (tertiary alicyclic amines) is 1. The molecule has 1 aliphatic heterocycles. The van der Waals surface area contributed by atoms with Gasteiger partial charge in [-0.2, -0.15) is 0 Å². The summed E-state index contributed by atoms with van der Waals surface area (Å²) in [7, 11) is 0. The molecule has 1 aliphatic rings. The van der Waals surface area contributed by atoms with Gasteiger partial charge < -0.3 is 10.2 Å². The second kappa shape index (κ2) is 8.17. The van der Waals surface area contributed by atoms with Crippen LogP contribution < -0.4 is 5.32 Å². The lowest BCUT2D eigenvalue weighted by atomic mass is 9.95. The number of carbonyl (C=O) groups is 2. The molecule has 1 N–H and O–H groups in total. The van der Waals surface area contributed by atoms with Crippen LogP contribution in [0.3, 0.4) is 0 Å². The van der Waals surface area contributed by atoms with Gasteiger partial charge >= 0.3 is 0 Å². The predicted molar refractivity (Wildman–Crippen MR) is 103 cm³/mol. The van der Waals surface area contributed by atoms with Crippen molar-refractivity contribution in [2.75, 3.05) is 13.1 Å². The largest absolute Gasteiger partial charge is 0.352 e. The molecular weight excluding hydrogens is 324 g/mol. The third kappa shape index (κ3) is 4.51. The second-order valence-electron chi connectivity index (χ2n) is 7.14. The van der Waals surface area contributed by atoms with Gasteiger partial charge in [-0.1, -0.05) is 47.5 Å². The van der Waals surface area contributed by atoms with E-state index in [1.165, 1.54) is 5.56 Å². The van der Waals surface area contributed by atoms with Crippen LogP contribution >= 0.6 is 0 Å². The molecule has 0 saturated carbocycles. The zero-order valence-electron chi connectivity index (χ0n) is 15.5. The van der Waals surface area contributed by atoms with Gasteiger partial charge in [-0.05, 0) is 44.4 Å². The fourth-order valence-electron chi connectivity index (χ4n) is 3.46. The molecule has 2 amide bonds. The Bertz CT molecular complexity index is 792. The molecule has 0 spiro atoms. The molecule has 1 saturated heterocycles. The zero-order chi connectivity index (χ0) is 18.5. The van der Waals surface area contributed by atoms with Gasteiger partial charge in [0, 0.05) is 31.1 Å². The molecule has 0 aromatic heterocycles. The Balaban J connectivity index is 1.50. The van der Waals surface area contributed by atoms with Crippen molar-refractivity contribution in [3.8, 4) is 0 Å². The van der Waals surface area contributed by atoms with E-state index in [1.54, 1.807) is 0 Å². The van der Waals surface area contributed by atoms with Crippen LogP contribution in [0.5, 0.6) is 0 Å². The van der Waals surface area contributed by atoms with Crippen LogP contribution in [0, 0.1) is 19.8 Å². The number of rotatable bonds is 4. The van der Waals surface area contributed by atoms with Crippen molar-refractivity contribution >= 4 is 11.8 Å². The first-order valence-corrected chi connectivity index (χ1v) is 9.22. The third-order valence-electron chi connectivity index (χ3n) is 4.97. The maximum atomic E-state index is 12.6. The summed E-state index contributed by atoms with van der Waals surface area (Å²) < 4.78 is 0. The Morgan fingerprint density at radius 1 is 1.00 bits per heavy atom. The highest BCUT2D eigenvalue weighted by Gasteiger charge is 2.27. The lowest BCUT2D eigenvalue weighted by molar-refractivity contribution is -0.126.